The molecule has 2 rings (SSSR count). The van der Waals surface area contributed by atoms with Crippen molar-refractivity contribution in [2.45, 2.75) is 52.0 Å². The Morgan fingerprint density at radius 1 is 1.40 bits per heavy atom. The Labute approximate surface area is 90.5 Å². The molecule has 0 saturated heterocycles. The van der Waals surface area contributed by atoms with Crippen molar-refractivity contribution in [3.63, 3.8) is 0 Å². The first-order chi connectivity index (χ1) is 7.31. The molecule has 3 heteroatoms. The molecule has 1 fully saturated rings. The molecule has 0 spiro atoms. The third-order valence-electron chi connectivity index (χ3n) is 3.33. The number of carbonyl (C=O) groups is 1. The fourth-order valence-corrected chi connectivity index (χ4v) is 2.22. The van der Waals surface area contributed by atoms with E-state index in [-0.39, 0.29) is 0 Å². The van der Waals surface area contributed by atoms with Gasteiger partial charge in [-0.3, -0.25) is 9.48 Å². The first-order valence-corrected chi connectivity index (χ1v) is 5.87. The molecule has 0 aliphatic heterocycles. The predicted molar refractivity (Wildman–Crippen MR) is 59.3 cm³/mol. The summed E-state index contributed by atoms with van der Waals surface area (Å²) in [5.41, 5.74) is 2.94. The summed E-state index contributed by atoms with van der Waals surface area (Å²) in [5, 5.41) is 4.58. The summed E-state index contributed by atoms with van der Waals surface area (Å²) >= 11 is 0. The first-order valence-electron chi connectivity index (χ1n) is 5.87. The lowest BCUT2D eigenvalue weighted by Gasteiger charge is -2.27. The maximum absolute atomic E-state index is 11.1. The van der Waals surface area contributed by atoms with Gasteiger partial charge in [-0.1, -0.05) is 13.8 Å². The zero-order chi connectivity index (χ0) is 10.8. The Kier molecular flexibility index (Phi) is 2.89. The lowest BCUT2D eigenvalue weighted by Crippen LogP contribution is -2.20. The second-order valence-corrected chi connectivity index (χ2v) is 4.16. The standard InChI is InChI=1S/C12H18N2O/c1-3-11-10(8-15)12(4-2)14(13-11)9-6-5-7-9/h8-9H,3-7H2,1-2H3. The van der Waals surface area contributed by atoms with Crippen LogP contribution in [0.25, 0.3) is 0 Å². The van der Waals surface area contributed by atoms with Crippen molar-refractivity contribution in [3.05, 3.63) is 17.0 Å². The highest BCUT2D eigenvalue weighted by atomic mass is 16.1. The van der Waals surface area contributed by atoms with Crippen LogP contribution in [0.15, 0.2) is 0 Å². The molecule has 82 valence electrons. The summed E-state index contributed by atoms with van der Waals surface area (Å²) in [7, 11) is 0. The van der Waals surface area contributed by atoms with Gasteiger partial charge < -0.3 is 0 Å². The number of aromatic nitrogens is 2. The predicted octanol–water partition coefficient (Wildman–Crippen LogP) is 2.55. The molecule has 1 aromatic rings. The van der Waals surface area contributed by atoms with Gasteiger partial charge in [-0.05, 0) is 32.1 Å². The maximum Gasteiger partial charge on any atom is 0.153 e. The van der Waals surface area contributed by atoms with Crippen LogP contribution in [-0.4, -0.2) is 16.1 Å². The minimum atomic E-state index is 0.555. The van der Waals surface area contributed by atoms with E-state index in [4.69, 9.17) is 0 Å². The molecule has 0 bridgehead atoms. The second kappa shape index (κ2) is 4.17. The highest BCUT2D eigenvalue weighted by Gasteiger charge is 2.25. The van der Waals surface area contributed by atoms with Gasteiger partial charge in [0.05, 0.1) is 17.3 Å². The van der Waals surface area contributed by atoms with Crippen LogP contribution in [0.4, 0.5) is 0 Å². The van der Waals surface area contributed by atoms with E-state index in [1.54, 1.807) is 0 Å². The number of nitrogens with zero attached hydrogens (tertiary/aromatic N) is 2. The van der Waals surface area contributed by atoms with Crippen LogP contribution in [0.3, 0.4) is 0 Å². The van der Waals surface area contributed by atoms with Gasteiger partial charge in [0, 0.05) is 5.69 Å². The molecule has 0 radical (unpaired) electrons. The average molecular weight is 206 g/mol. The van der Waals surface area contributed by atoms with Gasteiger partial charge in [0.15, 0.2) is 6.29 Å². The van der Waals surface area contributed by atoms with E-state index < -0.39 is 0 Å². The van der Waals surface area contributed by atoms with Crippen molar-refractivity contribution >= 4 is 6.29 Å². The summed E-state index contributed by atoms with van der Waals surface area (Å²) in [5.74, 6) is 0. The summed E-state index contributed by atoms with van der Waals surface area (Å²) in [6, 6.07) is 0.555. The largest absolute Gasteiger partial charge is 0.298 e. The van der Waals surface area contributed by atoms with Crippen molar-refractivity contribution in [1.82, 2.24) is 9.78 Å². The zero-order valence-electron chi connectivity index (χ0n) is 9.49. The molecule has 1 saturated carbocycles. The lowest BCUT2D eigenvalue weighted by atomic mass is 9.93. The van der Waals surface area contributed by atoms with E-state index in [1.807, 2.05) is 0 Å². The van der Waals surface area contributed by atoms with Crippen molar-refractivity contribution in [3.8, 4) is 0 Å². The SMILES string of the molecule is CCc1nn(C2CCC2)c(CC)c1C=O. The van der Waals surface area contributed by atoms with Crippen LogP contribution in [-0.2, 0) is 12.8 Å². The molecule has 0 atom stereocenters. The Bertz CT molecular complexity index is 364. The van der Waals surface area contributed by atoms with E-state index in [2.05, 4.69) is 23.6 Å². The summed E-state index contributed by atoms with van der Waals surface area (Å²) in [6.07, 6.45) is 6.45. The van der Waals surface area contributed by atoms with Gasteiger partial charge in [-0.25, -0.2) is 0 Å². The Hall–Kier alpha value is -1.12. The molecule has 1 heterocycles. The van der Waals surface area contributed by atoms with E-state index in [9.17, 15) is 4.79 Å². The zero-order valence-corrected chi connectivity index (χ0v) is 9.49. The van der Waals surface area contributed by atoms with Crippen molar-refractivity contribution in [1.29, 1.82) is 0 Å². The van der Waals surface area contributed by atoms with E-state index in [1.165, 1.54) is 19.3 Å². The molecular formula is C12H18N2O. The Balaban J connectivity index is 2.43. The minimum absolute atomic E-state index is 0.555. The highest BCUT2D eigenvalue weighted by molar-refractivity contribution is 5.78. The smallest absolute Gasteiger partial charge is 0.153 e. The second-order valence-electron chi connectivity index (χ2n) is 4.16. The van der Waals surface area contributed by atoms with Crippen LogP contribution < -0.4 is 0 Å². The van der Waals surface area contributed by atoms with Gasteiger partial charge in [-0.15, -0.1) is 0 Å². The molecule has 0 amide bonds. The Morgan fingerprint density at radius 2 is 2.13 bits per heavy atom. The topological polar surface area (TPSA) is 34.9 Å². The molecule has 15 heavy (non-hydrogen) atoms. The number of carbonyl (C=O) groups excluding carboxylic acids is 1. The quantitative estimate of drug-likeness (QED) is 0.709. The normalized spacial score (nSPS) is 16.4. The maximum atomic E-state index is 11.1. The molecule has 3 nitrogen and oxygen atoms in total. The van der Waals surface area contributed by atoms with Crippen molar-refractivity contribution in [2.24, 2.45) is 0 Å². The third-order valence-corrected chi connectivity index (χ3v) is 3.33. The highest BCUT2D eigenvalue weighted by Crippen LogP contribution is 2.33. The molecule has 0 aromatic carbocycles. The minimum Gasteiger partial charge on any atom is -0.298 e. The third kappa shape index (κ3) is 1.60. The summed E-state index contributed by atoms with van der Waals surface area (Å²) in [4.78, 5) is 11.1. The van der Waals surface area contributed by atoms with Gasteiger partial charge >= 0.3 is 0 Å². The fraction of sp³-hybridized carbons (Fsp3) is 0.667. The number of aryl methyl sites for hydroxylation is 1. The molecule has 1 aliphatic rings. The lowest BCUT2D eigenvalue weighted by molar-refractivity contribution is 0.112. The molecule has 1 aromatic heterocycles. The number of hydrogen-bond donors (Lipinski definition) is 0. The summed E-state index contributed by atoms with van der Waals surface area (Å²) in [6.45, 7) is 4.15. The van der Waals surface area contributed by atoms with Crippen molar-refractivity contribution < 1.29 is 4.79 Å². The molecule has 0 unspecified atom stereocenters. The first kappa shape index (κ1) is 10.4. The molecular weight excluding hydrogens is 188 g/mol. The van der Waals surface area contributed by atoms with Crippen LogP contribution in [0, 0.1) is 0 Å². The summed E-state index contributed by atoms with van der Waals surface area (Å²) < 4.78 is 2.10. The van der Waals surface area contributed by atoms with Gasteiger partial charge in [0.1, 0.15) is 0 Å². The van der Waals surface area contributed by atoms with Crippen LogP contribution in [0.5, 0.6) is 0 Å². The number of hydrogen-bond acceptors (Lipinski definition) is 2. The van der Waals surface area contributed by atoms with Crippen molar-refractivity contribution in [2.75, 3.05) is 0 Å². The number of rotatable bonds is 4. The monoisotopic (exact) mass is 206 g/mol. The van der Waals surface area contributed by atoms with Gasteiger partial charge in [0.2, 0.25) is 0 Å². The number of aldehydes is 1. The van der Waals surface area contributed by atoms with Crippen LogP contribution in [0.1, 0.15) is 60.9 Å². The van der Waals surface area contributed by atoms with E-state index >= 15 is 0 Å². The van der Waals surface area contributed by atoms with Crippen LogP contribution in [0.2, 0.25) is 0 Å². The van der Waals surface area contributed by atoms with Gasteiger partial charge in [0.25, 0.3) is 0 Å². The van der Waals surface area contributed by atoms with E-state index in [0.717, 1.165) is 36.1 Å². The molecule has 0 N–H and O–H groups in total. The van der Waals surface area contributed by atoms with E-state index in [0.29, 0.717) is 6.04 Å². The van der Waals surface area contributed by atoms with Gasteiger partial charge in [-0.2, -0.15) is 5.10 Å². The average Bonchev–Trinajstić information content (AvgIpc) is 2.52. The Morgan fingerprint density at radius 3 is 2.53 bits per heavy atom. The van der Waals surface area contributed by atoms with Crippen LogP contribution >= 0.6 is 0 Å². The fourth-order valence-electron chi connectivity index (χ4n) is 2.22. The molecule has 1 aliphatic carbocycles.